The van der Waals surface area contributed by atoms with E-state index >= 15 is 0 Å². The van der Waals surface area contributed by atoms with Crippen molar-refractivity contribution in [2.75, 3.05) is 13.2 Å². The third kappa shape index (κ3) is 39.1. The molecule has 0 heterocycles. The van der Waals surface area contributed by atoms with Crippen LogP contribution in [-0.4, -0.2) is 41.0 Å². The van der Waals surface area contributed by atoms with E-state index in [2.05, 4.69) is 36.6 Å². The minimum atomic E-state index is -4.75. The lowest BCUT2D eigenvalue weighted by Crippen LogP contribution is -2.29. The van der Waals surface area contributed by atoms with Crippen LogP contribution in [-0.2, 0) is 28.2 Å². The first kappa shape index (κ1) is 48.3. The molecular formula is C41H75O8P. The Hall–Kier alpha value is -1.73. The largest absolute Gasteiger partial charge is 0.469 e. The minimum absolute atomic E-state index is 0.190. The summed E-state index contributed by atoms with van der Waals surface area (Å²) in [6, 6.07) is 0. The van der Waals surface area contributed by atoms with Crippen molar-refractivity contribution in [1.82, 2.24) is 0 Å². The number of hydrogen-bond donors (Lipinski definition) is 2. The van der Waals surface area contributed by atoms with Gasteiger partial charge in [0.25, 0.3) is 0 Å². The van der Waals surface area contributed by atoms with Gasteiger partial charge in [-0.05, 0) is 32.1 Å². The molecule has 0 fully saturated rings. The summed E-state index contributed by atoms with van der Waals surface area (Å²) < 4.78 is 26.3. The van der Waals surface area contributed by atoms with Crippen LogP contribution in [0.5, 0.6) is 0 Å². The van der Waals surface area contributed by atoms with E-state index < -0.39 is 32.5 Å². The molecule has 9 heteroatoms. The highest BCUT2D eigenvalue weighted by atomic mass is 31.2. The van der Waals surface area contributed by atoms with E-state index in [1.807, 2.05) is 18.2 Å². The summed E-state index contributed by atoms with van der Waals surface area (Å²) in [5.41, 5.74) is 0. The number of rotatable bonds is 37. The van der Waals surface area contributed by atoms with Crippen LogP contribution in [0.1, 0.15) is 194 Å². The monoisotopic (exact) mass is 727 g/mol. The van der Waals surface area contributed by atoms with Crippen molar-refractivity contribution in [1.29, 1.82) is 0 Å². The number of phosphoric ester groups is 1. The Balaban J connectivity index is 3.89. The molecule has 292 valence electrons. The molecule has 0 saturated carbocycles. The third-order valence-electron chi connectivity index (χ3n) is 8.73. The molecule has 0 amide bonds. The molecule has 0 aliphatic carbocycles. The van der Waals surface area contributed by atoms with E-state index in [4.69, 9.17) is 19.3 Å². The van der Waals surface area contributed by atoms with Crippen molar-refractivity contribution >= 4 is 19.8 Å². The highest BCUT2D eigenvalue weighted by Crippen LogP contribution is 2.36. The summed E-state index contributed by atoms with van der Waals surface area (Å²) in [5, 5.41) is 0. The lowest BCUT2D eigenvalue weighted by Gasteiger charge is -2.18. The van der Waals surface area contributed by atoms with Crippen LogP contribution in [0.3, 0.4) is 0 Å². The Bertz CT molecular complexity index is 910. The van der Waals surface area contributed by atoms with Crippen LogP contribution in [0.25, 0.3) is 0 Å². The van der Waals surface area contributed by atoms with Gasteiger partial charge in [-0.15, -0.1) is 0 Å². The van der Waals surface area contributed by atoms with Crippen molar-refractivity contribution in [3.8, 4) is 0 Å². The molecule has 0 spiro atoms. The fraction of sp³-hybridized carbons (Fsp3) is 0.805. The summed E-state index contributed by atoms with van der Waals surface area (Å²) in [5.74, 6) is -0.903. The molecule has 0 aromatic rings. The van der Waals surface area contributed by atoms with Crippen molar-refractivity contribution in [2.24, 2.45) is 0 Å². The smallest absolute Gasteiger partial charge is 0.462 e. The van der Waals surface area contributed by atoms with E-state index in [0.717, 1.165) is 57.8 Å². The third-order valence-corrected chi connectivity index (χ3v) is 9.22. The van der Waals surface area contributed by atoms with Gasteiger partial charge in [0.2, 0.25) is 0 Å². The second-order valence-corrected chi connectivity index (χ2v) is 14.9. The molecule has 0 aliphatic heterocycles. The van der Waals surface area contributed by atoms with E-state index in [1.54, 1.807) is 0 Å². The van der Waals surface area contributed by atoms with Gasteiger partial charge in [0.05, 0.1) is 6.61 Å². The SMILES string of the molecule is CC/C=C/C=C/C=C/CCCCCCCC(=O)OC(COC(=O)CCCCCCCCCCCCCCCCCCCCC)COP(=O)(O)O. The van der Waals surface area contributed by atoms with Crippen LogP contribution < -0.4 is 0 Å². The molecule has 1 atom stereocenters. The van der Waals surface area contributed by atoms with Gasteiger partial charge < -0.3 is 19.3 Å². The molecular weight excluding hydrogens is 651 g/mol. The molecule has 1 unspecified atom stereocenters. The van der Waals surface area contributed by atoms with Crippen LogP contribution in [0.2, 0.25) is 0 Å². The van der Waals surface area contributed by atoms with Gasteiger partial charge >= 0.3 is 19.8 Å². The molecule has 0 aromatic heterocycles. The van der Waals surface area contributed by atoms with Gasteiger partial charge in [0.1, 0.15) is 6.61 Å². The molecule has 0 bridgehead atoms. The number of carbonyl (C=O) groups excluding carboxylic acids is 2. The molecule has 50 heavy (non-hydrogen) atoms. The number of carbonyl (C=O) groups is 2. The van der Waals surface area contributed by atoms with Gasteiger partial charge in [-0.2, -0.15) is 0 Å². The zero-order valence-corrected chi connectivity index (χ0v) is 32.9. The maximum Gasteiger partial charge on any atom is 0.469 e. The number of hydrogen-bond acceptors (Lipinski definition) is 6. The van der Waals surface area contributed by atoms with Gasteiger partial charge in [0, 0.05) is 12.8 Å². The molecule has 2 N–H and O–H groups in total. The maximum atomic E-state index is 12.4. The normalized spacial score (nSPS) is 12.8. The molecule has 0 rings (SSSR count). The number of allylic oxidation sites excluding steroid dienone is 6. The topological polar surface area (TPSA) is 119 Å². The fourth-order valence-corrected chi connectivity index (χ4v) is 6.09. The Morgan fingerprint density at radius 2 is 0.960 bits per heavy atom. The number of esters is 2. The summed E-state index contributed by atoms with van der Waals surface area (Å²) >= 11 is 0. The fourth-order valence-electron chi connectivity index (χ4n) is 5.73. The summed E-state index contributed by atoms with van der Waals surface area (Å²) in [6.45, 7) is 3.54. The average Bonchev–Trinajstić information content (AvgIpc) is 3.08. The maximum absolute atomic E-state index is 12.4. The predicted octanol–water partition coefficient (Wildman–Crippen LogP) is 12.2. The number of ether oxygens (including phenoxy) is 2. The first-order valence-corrected chi connectivity index (χ1v) is 21.8. The quantitative estimate of drug-likeness (QED) is 0.0281. The first-order valence-electron chi connectivity index (χ1n) is 20.3. The van der Waals surface area contributed by atoms with E-state index in [-0.39, 0.29) is 19.4 Å². The molecule has 0 radical (unpaired) electrons. The minimum Gasteiger partial charge on any atom is -0.462 e. The summed E-state index contributed by atoms with van der Waals surface area (Å²) in [6.07, 6.45) is 43.0. The summed E-state index contributed by atoms with van der Waals surface area (Å²) in [4.78, 5) is 42.8. The number of phosphoric acid groups is 1. The highest BCUT2D eigenvalue weighted by Gasteiger charge is 2.22. The summed E-state index contributed by atoms with van der Waals surface area (Å²) in [7, 11) is -4.75. The average molecular weight is 727 g/mol. The predicted molar refractivity (Wildman–Crippen MR) is 207 cm³/mol. The zero-order valence-electron chi connectivity index (χ0n) is 32.0. The van der Waals surface area contributed by atoms with Gasteiger partial charge in [0.15, 0.2) is 6.10 Å². The standard InChI is InChI=1S/C41H75O8P/c1-3-5-7-9-11-13-15-17-18-19-20-21-22-24-25-27-29-31-33-35-40(42)47-37-39(38-48-50(44,45)46)49-41(43)36-34-32-30-28-26-23-16-14-12-10-8-6-4-2/h6,8,10,12,14,16,39H,3-5,7,9,11,13,15,17-38H2,1-2H3,(H2,44,45,46)/b8-6+,12-10+,16-14+. The van der Waals surface area contributed by atoms with Crippen molar-refractivity contribution < 1.29 is 37.9 Å². The van der Waals surface area contributed by atoms with Crippen molar-refractivity contribution in [3.63, 3.8) is 0 Å². The Morgan fingerprint density at radius 3 is 1.42 bits per heavy atom. The molecule has 0 aromatic carbocycles. The van der Waals surface area contributed by atoms with E-state index in [1.165, 1.54) is 103 Å². The highest BCUT2D eigenvalue weighted by molar-refractivity contribution is 7.46. The van der Waals surface area contributed by atoms with E-state index in [0.29, 0.717) is 6.42 Å². The molecule has 0 saturated heterocycles. The van der Waals surface area contributed by atoms with Crippen molar-refractivity contribution in [2.45, 2.75) is 200 Å². The molecule has 8 nitrogen and oxygen atoms in total. The first-order chi connectivity index (χ1) is 24.3. The second-order valence-electron chi connectivity index (χ2n) is 13.7. The lowest BCUT2D eigenvalue weighted by atomic mass is 10.0. The molecule has 0 aliphatic rings. The Kier molecular flexibility index (Phi) is 35.8. The van der Waals surface area contributed by atoms with E-state index in [9.17, 15) is 14.2 Å². The van der Waals surface area contributed by atoms with Crippen LogP contribution >= 0.6 is 7.82 Å². The lowest BCUT2D eigenvalue weighted by molar-refractivity contribution is -0.161. The van der Waals surface area contributed by atoms with Crippen molar-refractivity contribution in [3.05, 3.63) is 36.5 Å². The second kappa shape index (κ2) is 37.0. The van der Waals surface area contributed by atoms with Crippen LogP contribution in [0, 0.1) is 0 Å². The van der Waals surface area contributed by atoms with Gasteiger partial charge in [-0.25, -0.2) is 4.57 Å². The Labute approximate surface area is 306 Å². The Morgan fingerprint density at radius 1 is 0.540 bits per heavy atom. The number of unbranched alkanes of at least 4 members (excludes halogenated alkanes) is 23. The van der Waals surface area contributed by atoms with Gasteiger partial charge in [-0.3, -0.25) is 14.1 Å². The van der Waals surface area contributed by atoms with Gasteiger partial charge in [-0.1, -0.05) is 185 Å². The zero-order chi connectivity index (χ0) is 36.8. The van der Waals surface area contributed by atoms with Crippen LogP contribution in [0.4, 0.5) is 0 Å². The van der Waals surface area contributed by atoms with Crippen LogP contribution in [0.15, 0.2) is 36.5 Å².